The number of aliphatic hydroxyl groups excluding tert-OH is 2. The predicted octanol–water partition coefficient (Wildman–Crippen LogP) is -0.794. The molecule has 12 nitrogen and oxygen atoms in total. The number of nitrogens with one attached hydrogen (secondary N) is 1. The van der Waals surface area contributed by atoms with Gasteiger partial charge in [-0.2, -0.15) is 0 Å². The van der Waals surface area contributed by atoms with Crippen molar-refractivity contribution in [3.8, 4) is 5.75 Å². The van der Waals surface area contributed by atoms with Gasteiger partial charge in [-0.1, -0.05) is 12.1 Å². The lowest BCUT2D eigenvalue weighted by Crippen LogP contribution is -2.53. The predicted molar refractivity (Wildman–Crippen MR) is 123 cm³/mol. The number of hydrogen-bond acceptors (Lipinski definition) is 10. The second kappa shape index (κ2) is 9.89. The number of anilines is 1. The fourth-order valence-corrected chi connectivity index (χ4v) is 4.04. The number of ether oxygens (including phenoxy) is 2. The van der Waals surface area contributed by atoms with Gasteiger partial charge in [0.2, 0.25) is 5.91 Å². The number of methoxy groups -OCH3 is 1. The van der Waals surface area contributed by atoms with Crippen LogP contribution in [0.5, 0.6) is 5.75 Å². The SMILES string of the molecule is COc1ccc(C[C@@H](N)C(=O)N[C@H]2C(O)[C@H](n3cnc4c(N(C)C)ncnc43)O[C@@H]2CO)cc1. The molecule has 12 heteroatoms. The topological polar surface area (TPSA) is 161 Å². The molecule has 3 aromatic rings. The number of hydrogen-bond donors (Lipinski definition) is 4. The number of imidazole rings is 1. The molecule has 182 valence electrons. The summed E-state index contributed by atoms with van der Waals surface area (Å²) < 4.78 is 12.6. The van der Waals surface area contributed by atoms with Crippen LogP contribution in [0, 0.1) is 0 Å². The van der Waals surface area contributed by atoms with Crippen molar-refractivity contribution in [2.45, 2.75) is 36.9 Å². The summed E-state index contributed by atoms with van der Waals surface area (Å²) in [6, 6.07) is 5.52. The molecule has 0 spiro atoms. The molecular weight excluding hydrogens is 442 g/mol. The van der Waals surface area contributed by atoms with Crippen molar-refractivity contribution in [2.75, 3.05) is 32.7 Å². The highest BCUT2D eigenvalue weighted by Gasteiger charge is 2.46. The van der Waals surface area contributed by atoms with Crippen molar-refractivity contribution in [1.82, 2.24) is 24.8 Å². The summed E-state index contributed by atoms with van der Waals surface area (Å²) >= 11 is 0. The number of benzene rings is 1. The van der Waals surface area contributed by atoms with Gasteiger partial charge in [0, 0.05) is 14.1 Å². The maximum atomic E-state index is 12.8. The van der Waals surface area contributed by atoms with Crippen LogP contribution in [0.3, 0.4) is 0 Å². The highest BCUT2D eigenvalue weighted by atomic mass is 16.5. The van der Waals surface area contributed by atoms with Crippen molar-refractivity contribution in [1.29, 1.82) is 0 Å². The van der Waals surface area contributed by atoms with Crippen LogP contribution in [-0.4, -0.2) is 87.7 Å². The monoisotopic (exact) mass is 471 g/mol. The Morgan fingerprint density at radius 1 is 1.29 bits per heavy atom. The molecule has 1 saturated heterocycles. The van der Waals surface area contributed by atoms with Gasteiger partial charge < -0.3 is 35.6 Å². The third-order valence-electron chi connectivity index (χ3n) is 5.85. The highest BCUT2D eigenvalue weighted by Crippen LogP contribution is 2.32. The lowest BCUT2D eigenvalue weighted by atomic mass is 10.0. The first-order valence-corrected chi connectivity index (χ1v) is 10.8. The normalized spacial score (nSPS) is 23.1. The number of aromatic nitrogens is 4. The van der Waals surface area contributed by atoms with Crippen LogP contribution in [0.1, 0.15) is 11.8 Å². The molecule has 0 radical (unpaired) electrons. The first-order valence-electron chi connectivity index (χ1n) is 10.8. The standard InChI is InChI=1S/C22H29N7O5/c1-28(2)19-17-20(25-10-24-19)29(11-26-17)22-18(31)16(15(9-30)34-22)27-21(32)14(23)8-12-4-6-13(33-3)7-5-12/h4-7,10-11,14-16,18,22,30-31H,8-9,23H2,1-3H3,(H,27,32)/t14-,15-,16-,18?,22-/m1/s1. The minimum Gasteiger partial charge on any atom is -0.497 e. The molecule has 0 aliphatic carbocycles. The summed E-state index contributed by atoms with van der Waals surface area (Å²) in [4.78, 5) is 27.5. The van der Waals surface area contributed by atoms with Gasteiger partial charge in [0.25, 0.3) is 0 Å². The van der Waals surface area contributed by atoms with Crippen LogP contribution in [0.2, 0.25) is 0 Å². The summed E-state index contributed by atoms with van der Waals surface area (Å²) in [6.07, 6.45) is 0.250. The largest absolute Gasteiger partial charge is 0.497 e. The molecule has 0 bridgehead atoms. The smallest absolute Gasteiger partial charge is 0.237 e. The summed E-state index contributed by atoms with van der Waals surface area (Å²) in [6.45, 7) is -0.406. The molecule has 1 aliphatic rings. The summed E-state index contributed by atoms with van der Waals surface area (Å²) in [7, 11) is 5.25. The second-order valence-electron chi connectivity index (χ2n) is 8.35. The minimum atomic E-state index is -1.18. The highest BCUT2D eigenvalue weighted by molar-refractivity contribution is 5.83. The molecule has 1 fully saturated rings. The van der Waals surface area contributed by atoms with Gasteiger partial charge in [-0.05, 0) is 24.1 Å². The van der Waals surface area contributed by atoms with Gasteiger partial charge in [0.05, 0.1) is 32.1 Å². The molecule has 1 aliphatic heterocycles. The van der Waals surface area contributed by atoms with E-state index in [4.69, 9.17) is 15.2 Å². The number of nitrogens with two attached hydrogens (primary N) is 1. The second-order valence-corrected chi connectivity index (χ2v) is 8.35. The molecule has 5 atom stereocenters. The maximum absolute atomic E-state index is 12.8. The Kier molecular flexibility index (Phi) is 6.93. The Hall–Kier alpha value is -3.32. The van der Waals surface area contributed by atoms with E-state index in [2.05, 4.69) is 20.3 Å². The maximum Gasteiger partial charge on any atom is 0.237 e. The molecule has 3 heterocycles. The van der Waals surface area contributed by atoms with E-state index in [9.17, 15) is 15.0 Å². The fourth-order valence-electron chi connectivity index (χ4n) is 4.04. The molecule has 0 saturated carbocycles. The average Bonchev–Trinajstić information content (AvgIpc) is 3.40. The van der Waals surface area contributed by atoms with Crippen LogP contribution >= 0.6 is 0 Å². The number of aliphatic hydroxyl groups is 2. The molecule has 5 N–H and O–H groups in total. The van der Waals surface area contributed by atoms with Crippen LogP contribution in [0.15, 0.2) is 36.9 Å². The number of amides is 1. The van der Waals surface area contributed by atoms with Crippen molar-refractivity contribution in [3.05, 3.63) is 42.5 Å². The zero-order chi connectivity index (χ0) is 24.4. The van der Waals surface area contributed by atoms with Gasteiger partial charge >= 0.3 is 0 Å². The van der Waals surface area contributed by atoms with E-state index >= 15 is 0 Å². The Bertz CT molecular complexity index is 1140. The van der Waals surface area contributed by atoms with Crippen LogP contribution in [-0.2, 0) is 16.0 Å². The van der Waals surface area contributed by atoms with Crippen molar-refractivity contribution in [3.63, 3.8) is 0 Å². The average molecular weight is 472 g/mol. The van der Waals surface area contributed by atoms with Gasteiger partial charge in [-0.25, -0.2) is 15.0 Å². The van der Waals surface area contributed by atoms with E-state index in [0.717, 1.165) is 5.56 Å². The van der Waals surface area contributed by atoms with Gasteiger partial charge in [0.1, 0.15) is 24.3 Å². The zero-order valence-corrected chi connectivity index (χ0v) is 19.2. The third-order valence-corrected chi connectivity index (χ3v) is 5.85. The van der Waals surface area contributed by atoms with Crippen LogP contribution < -0.4 is 20.7 Å². The van der Waals surface area contributed by atoms with Crippen LogP contribution in [0.25, 0.3) is 11.2 Å². The fraction of sp³-hybridized carbons (Fsp3) is 0.455. The first-order chi connectivity index (χ1) is 16.3. The van der Waals surface area contributed by atoms with E-state index < -0.39 is 43.0 Å². The molecule has 1 amide bonds. The van der Waals surface area contributed by atoms with E-state index in [1.54, 1.807) is 28.7 Å². The van der Waals surface area contributed by atoms with Gasteiger partial charge in [0.15, 0.2) is 23.2 Å². The lowest BCUT2D eigenvalue weighted by molar-refractivity contribution is -0.124. The molecular formula is C22H29N7O5. The minimum absolute atomic E-state index is 0.295. The summed E-state index contributed by atoms with van der Waals surface area (Å²) in [5.74, 6) is 0.861. The number of nitrogens with zero attached hydrogens (tertiary/aromatic N) is 5. The Morgan fingerprint density at radius 3 is 2.68 bits per heavy atom. The summed E-state index contributed by atoms with van der Waals surface area (Å²) in [5, 5.41) is 23.6. The molecule has 1 unspecified atom stereocenters. The molecule has 2 aromatic heterocycles. The first kappa shape index (κ1) is 23.8. The van der Waals surface area contributed by atoms with Crippen LogP contribution in [0.4, 0.5) is 5.82 Å². The zero-order valence-electron chi connectivity index (χ0n) is 19.2. The lowest BCUT2D eigenvalue weighted by Gasteiger charge is -2.23. The Morgan fingerprint density at radius 2 is 2.03 bits per heavy atom. The van der Waals surface area contributed by atoms with Crippen molar-refractivity contribution < 1.29 is 24.5 Å². The van der Waals surface area contributed by atoms with Crippen molar-refractivity contribution in [2.24, 2.45) is 5.73 Å². The molecule has 4 rings (SSSR count). The van der Waals surface area contributed by atoms with E-state index in [1.807, 2.05) is 26.2 Å². The van der Waals surface area contributed by atoms with E-state index in [1.165, 1.54) is 12.7 Å². The van der Waals surface area contributed by atoms with E-state index in [-0.39, 0.29) is 0 Å². The number of rotatable bonds is 8. The molecule has 34 heavy (non-hydrogen) atoms. The number of carbonyl (C=O) groups is 1. The number of fused-ring (bicyclic) bond motifs is 1. The third kappa shape index (κ3) is 4.53. The summed E-state index contributed by atoms with van der Waals surface area (Å²) in [5.41, 5.74) is 7.98. The van der Waals surface area contributed by atoms with Gasteiger partial charge in [-0.15, -0.1) is 0 Å². The van der Waals surface area contributed by atoms with Gasteiger partial charge in [-0.3, -0.25) is 9.36 Å². The number of carbonyl (C=O) groups excluding carboxylic acids is 1. The van der Waals surface area contributed by atoms with E-state index in [0.29, 0.717) is 29.2 Å². The Labute approximate surface area is 196 Å². The quantitative estimate of drug-likeness (QED) is 0.328. The van der Waals surface area contributed by atoms with Crippen molar-refractivity contribution >= 4 is 22.9 Å². The Balaban J connectivity index is 1.49. The molecule has 1 aromatic carbocycles.